The first-order valence-corrected chi connectivity index (χ1v) is 19.5. The maximum Gasteiger partial charge on any atom is 0.303 e. The lowest BCUT2D eigenvalue weighted by Crippen LogP contribution is -2.44. The molecule has 9 nitrogen and oxygen atoms in total. The van der Waals surface area contributed by atoms with E-state index in [0.717, 1.165) is 44.1 Å². The lowest BCUT2D eigenvalue weighted by molar-refractivity contribution is -0.137. The maximum atomic E-state index is 13.2. The molecule has 3 atom stereocenters. The molecule has 5 N–H and O–H groups in total. The van der Waals surface area contributed by atoms with Crippen LogP contribution in [0, 0.1) is 11.8 Å². The van der Waals surface area contributed by atoms with Crippen molar-refractivity contribution in [1.29, 1.82) is 0 Å². The number of benzene rings is 1. The fourth-order valence-electron chi connectivity index (χ4n) is 5.66. The SMILES string of the molecule is NC(=O)[C@@H](CC(=O)[C@@H]1CSSC[C@H](NC(=O)CCCCCCCCCCCCCCCCC(=O)O)C(=O)C1)Cc1ccc(O)cc1. The van der Waals surface area contributed by atoms with E-state index in [1.54, 1.807) is 12.1 Å². The molecule has 0 spiro atoms. The first-order valence-electron chi connectivity index (χ1n) is 17.0. The van der Waals surface area contributed by atoms with Gasteiger partial charge in [-0.3, -0.25) is 24.0 Å². The van der Waals surface area contributed by atoms with E-state index < -0.39 is 29.8 Å². The summed E-state index contributed by atoms with van der Waals surface area (Å²) < 4.78 is 0. The van der Waals surface area contributed by atoms with Gasteiger partial charge in [-0.1, -0.05) is 111 Å². The number of carbonyl (C=O) groups excluding carboxylic acids is 4. The molecule has 1 aliphatic heterocycles. The minimum atomic E-state index is -0.701. The zero-order valence-electron chi connectivity index (χ0n) is 27.2. The number of unbranched alkanes of at least 4 members (excludes halogenated alkanes) is 13. The monoisotopic (exact) mass is 678 g/mol. The number of rotatable bonds is 24. The van der Waals surface area contributed by atoms with E-state index in [0.29, 0.717) is 17.9 Å². The Morgan fingerprint density at radius 3 is 1.80 bits per heavy atom. The fourth-order valence-corrected chi connectivity index (χ4v) is 8.21. The predicted octanol–water partition coefficient (Wildman–Crippen LogP) is 6.78. The van der Waals surface area contributed by atoms with Crippen LogP contribution in [0.4, 0.5) is 0 Å². The molecule has 46 heavy (non-hydrogen) atoms. The average molecular weight is 679 g/mol. The molecule has 1 aliphatic rings. The largest absolute Gasteiger partial charge is 0.508 e. The third-order valence-electron chi connectivity index (χ3n) is 8.53. The number of hydrogen-bond acceptors (Lipinski definition) is 8. The van der Waals surface area contributed by atoms with Crippen molar-refractivity contribution in [1.82, 2.24) is 5.32 Å². The number of nitrogens with two attached hydrogens (primary N) is 1. The van der Waals surface area contributed by atoms with Gasteiger partial charge in [0.25, 0.3) is 0 Å². The highest BCUT2D eigenvalue weighted by Gasteiger charge is 2.32. The second-order valence-corrected chi connectivity index (χ2v) is 15.1. The Hall–Kier alpha value is -2.53. The van der Waals surface area contributed by atoms with Crippen LogP contribution in [0.3, 0.4) is 0 Å². The van der Waals surface area contributed by atoms with E-state index in [1.807, 2.05) is 0 Å². The molecule has 0 aromatic heterocycles. The molecule has 1 saturated heterocycles. The number of carboxylic acids is 1. The number of phenols is 1. The van der Waals surface area contributed by atoms with Gasteiger partial charge in [0, 0.05) is 49.0 Å². The van der Waals surface area contributed by atoms with Crippen molar-refractivity contribution in [2.75, 3.05) is 11.5 Å². The van der Waals surface area contributed by atoms with Crippen molar-refractivity contribution < 1.29 is 34.2 Å². The van der Waals surface area contributed by atoms with Crippen LogP contribution < -0.4 is 11.1 Å². The minimum absolute atomic E-state index is 0.0383. The predicted molar refractivity (Wildman–Crippen MR) is 186 cm³/mol. The van der Waals surface area contributed by atoms with Gasteiger partial charge in [-0.25, -0.2) is 0 Å². The number of phenolic OH excluding ortho intramolecular Hbond substituents is 1. The third kappa shape index (κ3) is 18.0. The summed E-state index contributed by atoms with van der Waals surface area (Å²) in [4.78, 5) is 61.4. The zero-order chi connectivity index (χ0) is 33.6. The highest BCUT2D eigenvalue weighted by atomic mass is 33.1. The molecule has 0 bridgehead atoms. The lowest BCUT2D eigenvalue weighted by Gasteiger charge is -2.24. The van der Waals surface area contributed by atoms with Gasteiger partial charge in [0.1, 0.15) is 11.5 Å². The van der Waals surface area contributed by atoms with Crippen LogP contribution in [0.1, 0.15) is 121 Å². The van der Waals surface area contributed by atoms with Crippen LogP contribution in [-0.2, 0) is 30.4 Å². The third-order valence-corrected chi connectivity index (χ3v) is 11.0. The average Bonchev–Trinajstić information content (AvgIpc) is 3.01. The Bertz CT molecular complexity index is 1080. The number of amides is 2. The maximum absolute atomic E-state index is 13.2. The Morgan fingerprint density at radius 1 is 0.783 bits per heavy atom. The molecular formula is C35H54N2O7S2. The van der Waals surface area contributed by atoms with E-state index in [1.165, 1.54) is 85.1 Å². The summed E-state index contributed by atoms with van der Waals surface area (Å²) in [6.45, 7) is 0. The molecule has 258 valence electrons. The summed E-state index contributed by atoms with van der Waals surface area (Å²) in [6, 6.07) is 5.81. The van der Waals surface area contributed by atoms with Crippen LogP contribution in [-0.4, -0.2) is 57.1 Å². The van der Waals surface area contributed by atoms with E-state index in [4.69, 9.17) is 10.8 Å². The molecule has 1 aromatic carbocycles. The van der Waals surface area contributed by atoms with E-state index in [2.05, 4.69) is 5.32 Å². The van der Waals surface area contributed by atoms with Gasteiger partial charge in [0.05, 0.1) is 6.04 Å². The standard InChI is InChI=1S/C35H54N2O7S2/c36-35(44)27(21-26-17-19-29(38)20-18-26)22-31(39)28-23-32(40)30(25-46-45-24-28)37-33(41)15-13-11-9-7-5-3-1-2-4-6-8-10-12-14-16-34(42)43/h17-20,27-28,30,38H,1-16,21-25H2,(H2,36,44)(H,37,41)(H,42,43)/t27-,28+,30+/m1/s1. The summed E-state index contributed by atoms with van der Waals surface area (Å²) >= 11 is 0. The molecule has 1 aromatic rings. The quantitative estimate of drug-likeness (QED) is 0.0682. The molecule has 0 saturated carbocycles. The Kier molecular flexibility index (Phi) is 20.5. The fraction of sp³-hybridized carbons (Fsp3) is 0.686. The van der Waals surface area contributed by atoms with Crippen molar-refractivity contribution in [2.45, 2.75) is 128 Å². The Labute approximate surface area is 282 Å². The van der Waals surface area contributed by atoms with Crippen LogP contribution in [0.25, 0.3) is 0 Å². The van der Waals surface area contributed by atoms with Gasteiger partial charge in [-0.05, 0) is 37.0 Å². The van der Waals surface area contributed by atoms with E-state index in [9.17, 15) is 29.1 Å². The van der Waals surface area contributed by atoms with Gasteiger partial charge in [-0.2, -0.15) is 0 Å². The number of aliphatic carboxylic acids is 1. The zero-order valence-corrected chi connectivity index (χ0v) is 28.9. The molecular weight excluding hydrogens is 625 g/mol. The first kappa shape index (κ1) is 39.6. The molecule has 2 rings (SSSR count). The molecule has 11 heteroatoms. The molecule has 1 heterocycles. The normalized spacial score (nSPS) is 17.5. The molecule has 1 fully saturated rings. The molecule has 0 unspecified atom stereocenters. The van der Waals surface area contributed by atoms with Crippen LogP contribution in [0.15, 0.2) is 24.3 Å². The highest BCUT2D eigenvalue weighted by molar-refractivity contribution is 8.76. The number of carbonyl (C=O) groups is 5. The number of primary amides is 1. The van der Waals surface area contributed by atoms with Gasteiger partial charge in [-0.15, -0.1) is 0 Å². The van der Waals surface area contributed by atoms with E-state index >= 15 is 0 Å². The number of carboxylic acid groups (broad SMARTS) is 1. The topological polar surface area (TPSA) is 164 Å². The Balaban J connectivity index is 1.57. The summed E-state index contributed by atoms with van der Waals surface area (Å²) in [5, 5.41) is 21.0. The summed E-state index contributed by atoms with van der Waals surface area (Å²) in [6.07, 6.45) is 16.6. The van der Waals surface area contributed by atoms with Crippen molar-refractivity contribution >= 4 is 50.9 Å². The summed E-state index contributed by atoms with van der Waals surface area (Å²) in [5.41, 5.74) is 6.39. The van der Waals surface area contributed by atoms with Crippen molar-refractivity contribution in [3.63, 3.8) is 0 Å². The molecule has 0 aliphatic carbocycles. The van der Waals surface area contributed by atoms with Crippen LogP contribution >= 0.6 is 21.6 Å². The van der Waals surface area contributed by atoms with Gasteiger partial charge < -0.3 is 21.3 Å². The second-order valence-electron chi connectivity index (χ2n) is 12.5. The van der Waals surface area contributed by atoms with Gasteiger partial charge in [0.15, 0.2) is 5.78 Å². The lowest BCUT2D eigenvalue weighted by atomic mass is 9.87. The first-order chi connectivity index (χ1) is 22.2. The Morgan fingerprint density at radius 2 is 1.28 bits per heavy atom. The number of hydrogen-bond donors (Lipinski definition) is 4. The van der Waals surface area contributed by atoms with E-state index in [-0.39, 0.29) is 48.9 Å². The van der Waals surface area contributed by atoms with Crippen molar-refractivity contribution in [2.24, 2.45) is 17.6 Å². The molecule has 0 radical (unpaired) electrons. The molecule has 2 amide bonds. The number of Topliss-reactive ketones (excluding diaryl/α,β-unsaturated/α-hetero) is 2. The van der Waals surface area contributed by atoms with Crippen LogP contribution in [0.2, 0.25) is 0 Å². The minimum Gasteiger partial charge on any atom is -0.508 e. The number of ketones is 2. The highest BCUT2D eigenvalue weighted by Crippen LogP contribution is 2.31. The second kappa shape index (κ2) is 23.7. The van der Waals surface area contributed by atoms with Gasteiger partial charge >= 0.3 is 5.97 Å². The summed E-state index contributed by atoms with van der Waals surface area (Å²) in [7, 11) is 2.99. The summed E-state index contributed by atoms with van der Waals surface area (Å²) in [5.74, 6) is -1.90. The van der Waals surface area contributed by atoms with Crippen molar-refractivity contribution in [3.05, 3.63) is 29.8 Å². The van der Waals surface area contributed by atoms with Gasteiger partial charge in [0.2, 0.25) is 11.8 Å². The van der Waals surface area contributed by atoms with Crippen LogP contribution in [0.5, 0.6) is 5.75 Å². The number of aromatic hydroxyl groups is 1. The van der Waals surface area contributed by atoms with Crippen molar-refractivity contribution in [3.8, 4) is 5.75 Å². The number of nitrogens with one attached hydrogen (secondary N) is 1. The smallest absolute Gasteiger partial charge is 0.303 e.